The predicted octanol–water partition coefficient (Wildman–Crippen LogP) is 4.75. The Morgan fingerprint density at radius 1 is 1.03 bits per heavy atom. The van der Waals surface area contributed by atoms with E-state index >= 15 is 0 Å². The lowest BCUT2D eigenvalue weighted by atomic mass is 9.95. The second kappa shape index (κ2) is 10.2. The minimum absolute atomic E-state index is 0.122. The van der Waals surface area contributed by atoms with Gasteiger partial charge in [0.2, 0.25) is 5.95 Å². The van der Waals surface area contributed by atoms with Gasteiger partial charge in [-0.05, 0) is 48.5 Å². The van der Waals surface area contributed by atoms with Crippen molar-refractivity contribution in [1.29, 1.82) is 0 Å². The van der Waals surface area contributed by atoms with Crippen molar-refractivity contribution < 1.29 is 14.3 Å². The van der Waals surface area contributed by atoms with Gasteiger partial charge >= 0.3 is 0 Å². The predicted molar refractivity (Wildman–Crippen MR) is 137 cm³/mol. The molecule has 0 bridgehead atoms. The molecule has 0 spiro atoms. The SMILES string of the molecule is O=C(NCCO)c1ccc(Nc2ncc3c(n2)-c2ccc(Cl)cc2C(c2ccccc2F)=NC3)cc1. The maximum atomic E-state index is 14.7. The zero-order chi connectivity index (χ0) is 25.1. The first-order valence-electron chi connectivity index (χ1n) is 11.2. The first-order valence-corrected chi connectivity index (χ1v) is 11.6. The number of aliphatic hydroxyl groups excluding tert-OH is 1. The van der Waals surface area contributed by atoms with E-state index in [2.05, 4.69) is 15.6 Å². The molecule has 0 atom stereocenters. The van der Waals surface area contributed by atoms with Crippen molar-refractivity contribution in [2.45, 2.75) is 6.54 Å². The van der Waals surface area contributed by atoms with Crippen LogP contribution in [0.4, 0.5) is 16.0 Å². The average Bonchev–Trinajstić information content (AvgIpc) is 3.04. The number of rotatable bonds is 6. The number of hydrogen-bond donors (Lipinski definition) is 3. The van der Waals surface area contributed by atoms with Crippen molar-refractivity contribution in [1.82, 2.24) is 15.3 Å². The highest BCUT2D eigenvalue weighted by Crippen LogP contribution is 2.34. The summed E-state index contributed by atoms with van der Waals surface area (Å²) < 4.78 is 14.7. The molecule has 1 aliphatic heterocycles. The van der Waals surface area contributed by atoms with Gasteiger partial charge < -0.3 is 15.7 Å². The molecule has 1 amide bonds. The lowest BCUT2D eigenvalue weighted by Gasteiger charge is -2.13. The molecule has 180 valence electrons. The summed E-state index contributed by atoms with van der Waals surface area (Å²) in [5.41, 5.74) is 5.00. The summed E-state index contributed by atoms with van der Waals surface area (Å²) in [7, 11) is 0. The standard InChI is InChI=1S/C27H21ClFN5O2/c28-18-7-10-20-22(13-18)25(21-3-1-2-4-23(21)29)31-14-17-15-32-27(34-24(17)20)33-19-8-5-16(6-9-19)26(36)30-11-12-35/h1-10,13,15,35H,11-12,14H2,(H,30,36)(H,32,33,34). The number of amides is 1. The third kappa shape index (κ3) is 4.82. The number of aliphatic hydroxyl groups is 1. The molecule has 0 aliphatic carbocycles. The summed E-state index contributed by atoms with van der Waals surface area (Å²) in [6.07, 6.45) is 1.70. The Morgan fingerprint density at radius 2 is 1.83 bits per heavy atom. The van der Waals surface area contributed by atoms with E-state index in [0.29, 0.717) is 44.8 Å². The Hall–Kier alpha value is -4.14. The molecule has 36 heavy (non-hydrogen) atoms. The van der Waals surface area contributed by atoms with Gasteiger partial charge in [0.05, 0.1) is 24.6 Å². The van der Waals surface area contributed by atoms with E-state index in [-0.39, 0.29) is 31.4 Å². The van der Waals surface area contributed by atoms with E-state index in [1.807, 2.05) is 6.07 Å². The number of aromatic nitrogens is 2. The number of fused-ring (bicyclic) bond motifs is 3. The van der Waals surface area contributed by atoms with Gasteiger partial charge in [0.1, 0.15) is 5.82 Å². The van der Waals surface area contributed by atoms with Crippen LogP contribution in [0.3, 0.4) is 0 Å². The molecule has 1 aliphatic rings. The van der Waals surface area contributed by atoms with Gasteiger partial charge in [0.25, 0.3) is 5.91 Å². The number of carbonyl (C=O) groups is 1. The van der Waals surface area contributed by atoms with Gasteiger partial charge in [0, 0.05) is 51.3 Å². The molecule has 5 rings (SSSR count). The van der Waals surface area contributed by atoms with Crippen LogP contribution in [-0.4, -0.2) is 39.8 Å². The minimum atomic E-state index is -0.366. The van der Waals surface area contributed by atoms with E-state index < -0.39 is 0 Å². The minimum Gasteiger partial charge on any atom is -0.395 e. The van der Waals surface area contributed by atoms with Crippen LogP contribution in [0.1, 0.15) is 27.0 Å². The summed E-state index contributed by atoms with van der Waals surface area (Å²) in [6.45, 7) is 0.350. The number of anilines is 2. The molecule has 2 heterocycles. The summed E-state index contributed by atoms with van der Waals surface area (Å²) >= 11 is 6.32. The van der Waals surface area contributed by atoms with Gasteiger partial charge in [-0.3, -0.25) is 9.79 Å². The smallest absolute Gasteiger partial charge is 0.251 e. The highest BCUT2D eigenvalue weighted by atomic mass is 35.5. The zero-order valence-corrected chi connectivity index (χ0v) is 19.8. The fourth-order valence-corrected chi connectivity index (χ4v) is 4.15. The summed E-state index contributed by atoms with van der Waals surface area (Å²) in [5.74, 6) is -0.269. The van der Waals surface area contributed by atoms with Gasteiger partial charge in [0.15, 0.2) is 0 Å². The van der Waals surface area contributed by atoms with Crippen molar-refractivity contribution in [3.05, 3.63) is 106 Å². The van der Waals surface area contributed by atoms with Crippen LogP contribution in [0.15, 0.2) is 77.9 Å². The molecular formula is C27H21ClFN5O2. The van der Waals surface area contributed by atoms with Crippen LogP contribution in [0.5, 0.6) is 0 Å². The zero-order valence-electron chi connectivity index (χ0n) is 19.0. The fraction of sp³-hybridized carbons (Fsp3) is 0.111. The van der Waals surface area contributed by atoms with Crippen molar-refractivity contribution in [3.63, 3.8) is 0 Å². The maximum absolute atomic E-state index is 14.7. The number of nitrogens with zero attached hydrogens (tertiary/aromatic N) is 3. The Labute approximate surface area is 211 Å². The molecule has 9 heteroatoms. The van der Waals surface area contributed by atoms with Crippen molar-refractivity contribution in [3.8, 4) is 11.3 Å². The Bertz CT molecular complexity index is 1470. The lowest BCUT2D eigenvalue weighted by molar-refractivity contribution is 0.0945. The van der Waals surface area contributed by atoms with Crippen LogP contribution in [0, 0.1) is 5.82 Å². The first-order chi connectivity index (χ1) is 17.5. The third-order valence-electron chi connectivity index (χ3n) is 5.69. The first kappa shape index (κ1) is 23.6. The van der Waals surface area contributed by atoms with Crippen LogP contribution < -0.4 is 10.6 Å². The fourth-order valence-electron chi connectivity index (χ4n) is 3.97. The van der Waals surface area contributed by atoms with E-state index in [1.165, 1.54) is 6.07 Å². The number of nitrogens with one attached hydrogen (secondary N) is 2. The van der Waals surface area contributed by atoms with E-state index in [1.54, 1.807) is 60.8 Å². The monoisotopic (exact) mass is 501 g/mol. The van der Waals surface area contributed by atoms with Gasteiger partial charge in [-0.1, -0.05) is 29.8 Å². The molecule has 3 N–H and O–H groups in total. The number of aliphatic imine (C=N–C) groups is 1. The third-order valence-corrected chi connectivity index (χ3v) is 5.93. The van der Waals surface area contributed by atoms with Crippen molar-refractivity contribution >= 4 is 34.9 Å². The van der Waals surface area contributed by atoms with Crippen LogP contribution >= 0.6 is 11.6 Å². The Morgan fingerprint density at radius 3 is 2.61 bits per heavy atom. The number of hydrogen-bond acceptors (Lipinski definition) is 6. The molecule has 4 aromatic rings. The second-order valence-corrected chi connectivity index (χ2v) is 8.52. The summed E-state index contributed by atoms with van der Waals surface area (Å²) in [4.78, 5) is 25.9. The number of halogens is 2. The van der Waals surface area contributed by atoms with Crippen LogP contribution in [0.2, 0.25) is 5.02 Å². The molecule has 3 aromatic carbocycles. The van der Waals surface area contributed by atoms with Crippen LogP contribution in [0.25, 0.3) is 11.3 Å². The highest BCUT2D eigenvalue weighted by molar-refractivity contribution is 6.31. The molecule has 7 nitrogen and oxygen atoms in total. The van der Waals surface area contributed by atoms with Crippen molar-refractivity contribution in [2.24, 2.45) is 4.99 Å². The molecule has 0 radical (unpaired) electrons. The quantitative estimate of drug-likeness (QED) is 0.354. The molecule has 0 unspecified atom stereocenters. The topological polar surface area (TPSA) is 99.5 Å². The molecule has 0 saturated heterocycles. The van der Waals surface area contributed by atoms with Gasteiger partial charge in [-0.15, -0.1) is 0 Å². The Kier molecular flexibility index (Phi) is 6.71. The van der Waals surface area contributed by atoms with Crippen LogP contribution in [-0.2, 0) is 6.54 Å². The molecule has 1 aromatic heterocycles. The average molecular weight is 502 g/mol. The van der Waals surface area contributed by atoms with Crippen molar-refractivity contribution in [2.75, 3.05) is 18.5 Å². The number of carbonyl (C=O) groups excluding carboxylic acids is 1. The van der Waals surface area contributed by atoms with E-state index in [9.17, 15) is 9.18 Å². The van der Waals surface area contributed by atoms with Gasteiger partial charge in [-0.25, -0.2) is 14.4 Å². The number of benzene rings is 3. The largest absolute Gasteiger partial charge is 0.395 e. The molecule has 0 fully saturated rings. The maximum Gasteiger partial charge on any atom is 0.251 e. The lowest BCUT2D eigenvalue weighted by Crippen LogP contribution is -2.26. The normalized spacial score (nSPS) is 12.1. The van der Waals surface area contributed by atoms with Gasteiger partial charge in [-0.2, -0.15) is 0 Å². The van der Waals surface area contributed by atoms with E-state index in [0.717, 1.165) is 11.1 Å². The molecular weight excluding hydrogens is 481 g/mol. The second-order valence-electron chi connectivity index (χ2n) is 8.08. The summed E-state index contributed by atoms with van der Waals surface area (Å²) in [5, 5.41) is 15.1. The highest BCUT2D eigenvalue weighted by Gasteiger charge is 2.23. The Balaban J connectivity index is 1.48. The molecule has 0 saturated carbocycles. The summed E-state index contributed by atoms with van der Waals surface area (Å²) in [6, 6.07) is 18.7. The van der Waals surface area contributed by atoms with E-state index in [4.69, 9.17) is 26.7 Å².